The highest BCUT2D eigenvalue weighted by Gasteiger charge is 2.33. The largest absolute Gasteiger partial charge is 0.330 e. The summed E-state index contributed by atoms with van der Waals surface area (Å²) in [5.41, 5.74) is 5.89. The molecule has 2 rings (SSSR count). The van der Waals surface area contributed by atoms with E-state index in [4.69, 9.17) is 5.73 Å². The Balaban J connectivity index is 2.03. The summed E-state index contributed by atoms with van der Waals surface area (Å²) in [6.07, 6.45) is 7.15. The Morgan fingerprint density at radius 1 is 1.22 bits per heavy atom. The maximum atomic E-state index is 12.5. The monoisotopic (exact) mass is 253 g/mol. The van der Waals surface area contributed by atoms with Gasteiger partial charge in [0.25, 0.3) is 0 Å². The van der Waals surface area contributed by atoms with Crippen molar-refractivity contribution >= 4 is 6.03 Å². The SMILES string of the molecule is CCN(C(=O)N1CCCC1)C1CCCCC1CN. The van der Waals surface area contributed by atoms with Gasteiger partial charge in [-0.25, -0.2) is 4.79 Å². The predicted molar refractivity (Wildman–Crippen MR) is 73.4 cm³/mol. The Morgan fingerprint density at radius 2 is 1.89 bits per heavy atom. The zero-order valence-corrected chi connectivity index (χ0v) is 11.6. The second-order valence-electron chi connectivity index (χ2n) is 5.61. The second kappa shape index (κ2) is 6.41. The lowest BCUT2D eigenvalue weighted by molar-refractivity contribution is 0.104. The summed E-state index contributed by atoms with van der Waals surface area (Å²) < 4.78 is 0. The van der Waals surface area contributed by atoms with Gasteiger partial charge < -0.3 is 15.5 Å². The first-order valence-electron chi connectivity index (χ1n) is 7.53. The second-order valence-corrected chi connectivity index (χ2v) is 5.61. The minimum Gasteiger partial charge on any atom is -0.330 e. The van der Waals surface area contributed by atoms with Gasteiger partial charge in [0.05, 0.1) is 0 Å². The number of likely N-dealkylation sites (tertiary alicyclic amines) is 1. The summed E-state index contributed by atoms with van der Waals surface area (Å²) in [4.78, 5) is 16.7. The number of urea groups is 1. The number of carbonyl (C=O) groups is 1. The number of hydrogen-bond donors (Lipinski definition) is 1. The molecule has 1 heterocycles. The molecule has 0 spiro atoms. The van der Waals surface area contributed by atoms with Crippen LogP contribution in [0.4, 0.5) is 4.79 Å². The molecule has 2 aliphatic rings. The van der Waals surface area contributed by atoms with Crippen LogP contribution in [0.5, 0.6) is 0 Å². The van der Waals surface area contributed by atoms with E-state index in [1.165, 1.54) is 19.3 Å². The average molecular weight is 253 g/mol. The van der Waals surface area contributed by atoms with Gasteiger partial charge in [-0.2, -0.15) is 0 Å². The highest BCUT2D eigenvalue weighted by Crippen LogP contribution is 2.29. The lowest BCUT2D eigenvalue weighted by atomic mass is 9.83. The van der Waals surface area contributed by atoms with E-state index >= 15 is 0 Å². The van der Waals surface area contributed by atoms with E-state index in [-0.39, 0.29) is 6.03 Å². The molecule has 1 saturated carbocycles. The maximum absolute atomic E-state index is 12.5. The fourth-order valence-electron chi connectivity index (χ4n) is 3.48. The molecule has 2 amide bonds. The molecule has 2 fully saturated rings. The van der Waals surface area contributed by atoms with E-state index in [1.807, 2.05) is 4.90 Å². The molecule has 2 atom stereocenters. The van der Waals surface area contributed by atoms with Crippen LogP contribution in [0.15, 0.2) is 0 Å². The van der Waals surface area contributed by atoms with Crippen LogP contribution < -0.4 is 5.73 Å². The van der Waals surface area contributed by atoms with Gasteiger partial charge in [-0.1, -0.05) is 12.8 Å². The van der Waals surface area contributed by atoms with Gasteiger partial charge in [0.1, 0.15) is 0 Å². The van der Waals surface area contributed by atoms with E-state index in [0.717, 1.165) is 38.9 Å². The Morgan fingerprint density at radius 3 is 2.50 bits per heavy atom. The van der Waals surface area contributed by atoms with Crippen molar-refractivity contribution in [3.05, 3.63) is 0 Å². The molecule has 0 aromatic carbocycles. The van der Waals surface area contributed by atoms with Crippen molar-refractivity contribution in [1.29, 1.82) is 0 Å². The van der Waals surface area contributed by atoms with Crippen LogP contribution in [-0.4, -0.2) is 48.1 Å². The van der Waals surface area contributed by atoms with Crippen LogP contribution in [-0.2, 0) is 0 Å². The molecule has 4 nitrogen and oxygen atoms in total. The minimum absolute atomic E-state index is 0.250. The number of carbonyl (C=O) groups excluding carboxylic acids is 1. The third kappa shape index (κ3) is 2.79. The van der Waals surface area contributed by atoms with E-state index < -0.39 is 0 Å². The van der Waals surface area contributed by atoms with Crippen LogP contribution in [0.25, 0.3) is 0 Å². The van der Waals surface area contributed by atoms with Crippen molar-refractivity contribution in [1.82, 2.24) is 9.80 Å². The molecule has 1 aliphatic carbocycles. The quantitative estimate of drug-likeness (QED) is 0.837. The molecule has 1 saturated heterocycles. The molecule has 0 radical (unpaired) electrons. The smallest absolute Gasteiger partial charge is 0.320 e. The normalized spacial score (nSPS) is 28.4. The first-order chi connectivity index (χ1) is 8.77. The molecule has 104 valence electrons. The van der Waals surface area contributed by atoms with Crippen molar-refractivity contribution in [3.63, 3.8) is 0 Å². The Hall–Kier alpha value is -0.770. The van der Waals surface area contributed by atoms with Gasteiger partial charge in [-0.15, -0.1) is 0 Å². The van der Waals surface area contributed by atoms with Gasteiger partial charge in [0.15, 0.2) is 0 Å². The van der Waals surface area contributed by atoms with Crippen molar-refractivity contribution < 1.29 is 4.79 Å². The molecule has 1 aliphatic heterocycles. The molecule has 18 heavy (non-hydrogen) atoms. The first-order valence-corrected chi connectivity index (χ1v) is 7.53. The van der Waals surface area contributed by atoms with Crippen molar-refractivity contribution in [3.8, 4) is 0 Å². The van der Waals surface area contributed by atoms with Gasteiger partial charge in [0.2, 0.25) is 0 Å². The van der Waals surface area contributed by atoms with Crippen molar-refractivity contribution in [2.45, 2.75) is 51.5 Å². The molecule has 2 unspecified atom stereocenters. The Kier molecular flexibility index (Phi) is 4.87. The number of amides is 2. The van der Waals surface area contributed by atoms with Crippen LogP contribution in [0.3, 0.4) is 0 Å². The molecular formula is C14H27N3O. The van der Waals surface area contributed by atoms with Gasteiger partial charge in [-0.05, 0) is 45.1 Å². The number of hydrogen-bond acceptors (Lipinski definition) is 2. The van der Waals surface area contributed by atoms with Gasteiger partial charge in [-0.3, -0.25) is 0 Å². The highest BCUT2D eigenvalue weighted by atomic mass is 16.2. The molecule has 4 heteroatoms. The van der Waals surface area contributed by atoms with Gasteiger partial charge >= 0.3 is 6.03 Å². The summed E-state index contributed by atoms with van der Waals surface area (Å²) >= 11 is 0. The predicted octanol–water partition coefficient (Wildman–Crippen LogP) is 2.04. The standard InChI is InChI=1S/C14H27N3O/c1-2-17(14(18)16-9-5-6-10-16)13-8-4-3-7-12(13)11-15/h12-13H,2-11,15H2,1H3. The summed E-state index contributed by atoms with van der Waals surface area (Å²) in [5, 5.41) is 0. The topological polar surface area (TPSA) is 49.6 Å². The number of nitrogens with two attached hydrogens (primary N) is 1. The molecule has 2 N–H and O–H groups in total. The van der Waals surface area contributed by atoms with E-state index in [2.05, 4.69) is 11.8 Å². The summed E-state index contributed by atoms with van der Waals surface area (Å²) in [5.74, 6) is 0.505. The van der Waals surface area contributed by atoms with E-state index in [1.54, 1.807) is 0 Å². The third-order valence-corrected chi connectivity index (χ3v) is 4.54. The van der Waals surface area contributed by atoms with Crippen molar-refractivity contribution in [2.75, 3.05) is 26.2 Å². The Bertz CT molecular complexity index is 276. The van der Waals surface area contributed by atoms with Crippen LogP contribution in [0.1, 0.15) is 45.4 Å². The molecule has 0 bridgehead atoms. The Labute approximate surface area is 110 Å². The van der Waals surface area contributed by atoms with Crippen LogP contribution >= 0.6 is 0 Å². The average Bonchev–Trinajstić information content (AvgIpc) is 2.94. The summed E-state index contributed by atoms with van der Waals surface area (Å²) in [7, 11) is 0. The van der Waals surface area contributed by atoms with Crippen LogP contribution in [0, 0.1) is 5.92 Å². The zero-order chi connectivity index (χ0) is 13.0. The number of rotatable bonds is 3. The molecular weight excluding hydrogens is 226 g/mol. The third-order valence-electron chi connectivity index (χ3n) is 4.54. The van der Waals surface area contributed by atoms with Crippen LogP contribution in [0.2, 0.25) is 0 Å². The van der Waals surface area contributed by atoms with E-state index in [0.29, 0.717) is 18.5 Å². The molecule has 0 aromatic heterocycles. The fourth-order valence-corrected chi connectivity index (χ4v) is 3.48. The molecule has 0 aromatic rings. The van der Waals surface area contributed by atoms with Crippen molar-refractivity contribution in [2.24, 2.45) is 11.7 Å². The fraction of sp³-hybridized carbons (Fsp3) is 0.929. The first kappa shape index (κ1) is 13.7. The summed E-state index contributed by atoms with van der Waals surface area (Å²) in [6.45, 7) is 5.51. The lowest BCUT2D eigenvalue weighted by Crippen LogP contribution is -2.52. The maximum Gasteiger partial charge on any atom is 0.320 e. The van der Waals surface area contributed by atoms with E-state index in [9.17, 15) is 4.79 Å². The zero-order valence-electron chi connectivity index (χ0n) is 11.6. The summed E-state index contributed by atoms with van der Waals surface area (Å²) in [6, 6.07) is 0.627. The highest BCUT2D eigenvalue weighted by molar-refractivity contribution is 5.75. The lowest BCUT2D eigenvalue weighted by Gasteiger charge is -2.40. The van der Waals surface area contributed by atoms with Gasteiger partial charge in [0, 0.05) is 25.7 Å². The number of nitrogens with zero attached hydrogens (tertiary/aromatic N) is 2. The minimum atomic E-state index is 0.250.